The molecule has 2 rings (SSSR count). The Morgan fingerprint density at radius 3 is 2.50 bits per heavy atom. The first kappa shape index (κ1) is 16.4. The van der Waals surface area contributed by atoms with E-state index >= 15 is 0 Å². The molecule has 0 saturated carbocycles. The molecule has 1 aromatic carbocycles. The van der Waals surface area contributed by atoms with E-state index in [-0.39, 0.29) is 9.92 Å². The van der Waals surface area contributed by atoms with Crippen molar-refractivity contribution in [2.75, 3.05) is 31.6 Å². The molecule has 0 radical (unpaired) electrons. The highest BCUT2D eigenvalue weighted by Crippen LogP contribution is 2.31. The minimum atomic E-state index is -3.55. The molecule has 0 aliphatic carbocycles. The van der Waals surface area contributed by atoms with Crippen LogP contribution in [0.5, 0.6) is 0 Å². The van der Waals surface area contributed by atoms with Gasteiger partial charge in [0.2, 0.25) is 10.0 Å². The fraction of sp³-hybridized carbons (Fsp3) is 0.500. The second kappa shape index (κ2) is 6.85. The third kappa shape index (κ3) is 3.43. The molecular weight excluding hydrogens is 339 g/mol. The van der Waals surface area contributed by atoms with Crippen molar-refractivity contribution in [3.63, 3.8) is 0 Å². The zero-order chi connectivity index (χ0) is 14.8. The smallest absolute Gasteiger partial charge is 0.244 e. The van der Waals surface area contributed by atoms with Gasteiger partial charge in [-0.1, -0.05) is 23.2 Å². The Bertz CT molecular complexity index is 587. The maximum Gasteiger partial charge on any atom is 0.244 e. The van der Waals surface area contributed by atoms with Crippen molar-refractivity contribution in [2.45, 2.75) is 11.4 Å². The SMILES string of the molecule is CNCc1cc(S(=O)(=O)N2CCSCC2)c(Cl)cc1Cl. The highest BCUT2D eigenvalue weighted by atomic mass is 35.5. The van der Waals surface area contributed by atoms with Gasteiger partial charge in [0, 0.05) is 36.2 Å². The van der Waals surface area contributed by atoms with Gasteiger partial charge in [0.25, 0.3) is 0 Å². The van der Waals surface area contributed by atoms with Gasteiger partial charge in [-0.05, 0) is 24.7 Å². The zero-order valence-electron chi connectivity index (χ0n) is 11.0. The summed E-state index contributed by atoms with van der Waals surface area (Å²) in [4.78, 5) is 0.140. The maximum atomic E-state index is 12.6. The summed E-state index contributed by atoms with van der Waals surface area (Å²) >= 11 is 13.9. The third-order valence-electron chi connectivity index (χ3n) is 3.06. The fourth-order valence-electron chi connectivity index (χ4n) is 2.02. The predicted molar refractivity (Wildman–Crippen MR) is 85.3 cm³/mol. The normalized spacial score (nSPS) is 17.4. The van der Waals surface area contributed by atoms with Crippen molar-refractivity contribution in [1.29, 1.82) is 0 Å². The molecule has 0 bridgehead atoms. The summed E-state index contributed by atoms with van der Waals surface area (Å²) < 4.78 is 26.8. The molecule has 1 saturated heterocycles. The Morgan fingerprint density at radius 1 is 1.25 bits per heavy atom. The number of hydrogen-bond donors (Lipinski definition) is 1. The van der Waals surface area contributed by atoms with Gasteiger partial charge in [-0.25, -0.2) is 8.42 Å². The van der Waals surface area contributed by atoms with Gasteiger partial charge in [-0.2, -0.15) is 16.1 Å². The van der Waals surface area contributed by atoms with E-state index < -0.39 is 10.0 Å². The van der Waals surface area contributed by atoms with Gasteiger partial charge in [0.05, 0.1) is 5.02 Å². The average molecular weight is 355 g/mol. The van der Waals surface area contributed by atoms with Crippen molar-refractivity contribution in [1.82, 2.24) is 9.62 Å². The molecule has 0 atom stereocenters. The standard InChI is InChI=1S/C12H16Cl2N2O2S2/c1-15-8-9-6-12(11(14)7-10(9)13)20(17,18)16-2-4-19-5-3-16/h6-7,15H,2-5,8H2,1H3. The number of rotatable bonds is 4. The lowest BCUT2D eigenvalue weighted by atomic mass is 10.2. The first-order valence-electron chi connectivity index (χ1n) is 6.17. The van der Waals surface area contributed by atoms with Gasteiger partial charge < -0.3 is 5.32 Å². The molecule has 0 amide bonds. The van der Waals surface area contributed by atoms with Crippen LogP contribution in [0, 0.1) is 0 Å². The molecule has 1 aliphatic rings. The quantitative estimate of drug-likeness (QED) is 0.902. The van der Waals surface area contributed by atoms with Crippen LogP contribution in [0.1, 0.15) is 5.56 Å². The molecule has 1 heterocycles. The minimum Gasteiger partial charge on any atom is -0.316 e. The lowest BCUT2D eigenvalue weighted by Crippen LogP contribution is -2.38. The molecule has 20 heavy (non-hydrogen) atoms. The van der Waals surface area contributed by atoms with E-state index in [0.717, 1.165) is 17.1 Å². The molecule has 0 aromatic heterocycles. The number of benzene rings is 1. The Labute approximate surface area is 133 Å². The lowest BCUT2D eigenvalue weighted by molar-refractivity contribution is 0.443. The molecule has 0 unspecified atom stereocenters. The van der Waals surface area contributed by atoms with E-state index in [2.05, 4.69) is 5.32 Å². The van der Waals surface area contributed by atoms with Crippen LogP contribution in [0.2, 0.25) is 10.0 Å². The van der Waals surface area contributed by atoms with E-state index in [1.165, 1.54) is 10.4 Å². The Morgan fingerprint density at radius 2 is 1.90 bits per heavy atom. The Hall–Kier alpha value is 0.0200. The molecule has 1 aliphatic heterocycles. The monoisotopic (exact) mass is 354 g/mol. The molecule has 0 spiro atoms. The highest BCUT2D eigenvalue weighted by Gasteiger charge is 2.28. The number of nitrogens with one attached hydrogen (secondary N) is 1. The number of thioether (sulfide) groups is 1. The maximum absolute atomic E-state index is 12.6. The highest BCUT2D eigenvalue weighted by molar-refractivity contribution is 7.99. The summed E-state index contributed by atoms with van der Waals surface area (Å²) in [7, 11) is -1.77. The van der Waals surface area contributed by atoms with Crippen LogP contribution in [0.3, 0.4) is 0 Å². The van der Waals surface area contributed by atoms with Crippen LogP contribution in [-0.4, -0.2) is 44.4 Å². The molecule has 1 N–H and O–H groups in total. The summed E-state index contributed by atoms with van der Waals surface area (Å²) in [5, 5.41) is 3.61. The van der Waals surface area contributed by atoms with E-state index in [0.29, 0.717) is 24.7 Å². The van der Waals surface area contributed by atoms with Crippen LogP contribution < -0.4 is 5.32 Å². The van der Waals surface area contributed by atoms with Gasteiger partial charge in [-0.15, -0.1) is 0 Å². The molecular formula is C12H16Cl2N2O2S2. The average Bonchev–Trinajstić information content (AvgIpc) is 2.42. The number of nitrogens with zero attached hydrogens (tertiary/aromatic N) is 1. The number of halogens is 2. The van der Waals surface area contributed by atoms with Gasteiger partial charge in [0.15, 0.2) is 0 Å². The van der Waals surface area contributed by atoms with E-state index in [4.69, 9.17) is 23.2 Å². The predicted octanol–water partition coefficient (Wildman–Crippen LogP) is 2.45. The minimum absolute atomic E-state index is 0.140. The molecule has 1 aromatic rings. The Kier molecular flexibility index (Phi) is 5.62. The summed E-state index contributed by atoms with van der Waals surface area (Å²) in [6.07, 6.45) is 0. The van der Waals surface area contributed by atoms with Gasteiger partial charge >= 0.3 is 0 Å². The van der Waals surface area contributed by atoms with Crippen LogP contribution in [0.15, 0.2) is 17.0 Å². The third-order valence-corrected chi connectivity index (χ3v) is 6.71. The first-order valence-corrected chi connectivity index (χ1v) is 9.52. The van der Waals surface area contributed by atoms with Crippen molar-refractivity contribution in [2.24, 2.45) is 0 Å². The largest absolute Gasteiger partial charge is 0.316 e. The number of sulfonamides is 1. The summed E-state index contributed by atoms with van der Waals surface area (Å²) in [6, 6.07) is 3.07. The molecule has 1 fully saturated rings. The van der Waals surface area contributed by atoms with E-state index in [1.807, 2.05) is 0 Å². The van der Waals surface area contributed by atoms with E-state index in [9.17, 15) is 8.42 Å². The lowest BCUT2D eigenvalue weighted by Gasteiger charge is -2.26. The second-order valence-corrected chi connectivity index (χ2v) is 8.37. The van der Waals surface area contributed by atoms with Crippen molar-refractivity contribution in [3.05, 3.63) is 27.7 Å². The fourth-order valence-corrected chi connectivity index (χ4v) is 5.44. The van der Waals surface area contributed by atoms with Crippen LogP contribution in [-0.2, 0) is 16.6 Å². The Balaban J connectivity index is 2.42. The van der Waals surface area contributed by atoms with E-state index in [1.54, 1.807) is 24.9 Å². The number of hydrogen-bond acceptors (Lipinski definition) is 4. The van der Waals surface area contributed by atoms with Gasteiger partial charge in [-0.3, -0.25) is 0 Å². The second-order valence-electron chi connectivity index (χ2n) is 4.42. The van der Waals surface area contributed by atoms with Gasteiger partial charge in [0.1, 0.15) is 4.90 Å². The zero-order valence-corrected chi connectivity index (χ0v) is 14.2. The first-order chi connectivity index (χ1) is 9.46. The summed E-state index contributed by atoms with van der Waals surface area (Å²) in [6.45, 7) is 1.54. The van der Waals surface area contributed by atoms with Crippen LogP contribution >= 0.6 is 35.0 Å². The van der Waals surface area contributed by atoms with Crippen molar-refractivity contribution >= 4 is 45.0 Å². The van der Waals surface area contributed by atoms with Crippen LogP contribution in [0.25, 0.3) is 0 Å². The molecule has 4 nitrogen and oxygen atoms in total. The molecule has 112 valence electrons. The summed E-state index contributed by atoms with van der Waals surface area (Å²) in [5.74, 6) is 1.63. The molecule has 8 heteroatoms. The summed E-state index contributed by atoms with van der Waals surface area (Å²) in [5.41, 5.74) is 0.725. The topological polar surface area (TPSA) is 49.4 Å². The van der Waals surface area contributed by atoms with Crippen LogP contribution in [0.4, 0.5) is 0 Å². The van der Waals surface area contributed by atoms with Crippen molar-refractivity contribution < 1.29 is 8.42 Å². The van der Waals surface area contributed by atoms with Crippen molar-refractivity contribution in [3.8, 4) is 0 Å².